The third-order valence-corrected chi connectivity index (χ3v) is 4.89. The van der Waals surface area contributed by atoms with Crippen LogP contribution < -0.4 is 5.32 Å². The van der Waals surface area contributed by atoms with Crippen molar-refractivity contribution in [3.8, 4) is 0 Å². The van der Waals surface area contributed by atoms with Gasteiger partial charge in [0.2, 0.25) is 0 Å². The van der Waals surface area contributed by atoms with Crippen LogP contribution in [0.3, 0.4) is 0 Å². The zero-order chi connectivity index (χ0) is 19.2. The van der Waals surface area contributed by atoms with E-state index in [1.807, 2.05) is 53.2 Å². The number of carbonyl (C=O) groups is 1. The molecule has 7 nitrogen and oxygen atoms in total. The second-order valence-corrected chi connectivity index (χ2v) is 7.02. The molecule has 1 N–H and O–H groups in total. The van der Waals surface area contributed by atoms with Crippen LogP contribution in [0.2, 0.25) is 0 Å². The van der Waals surface area contributed by atoms with Gasteiger partial charge in [0.1, 0.15) is 5.65 Å². The lowest BCUT2D eigenvalue weighted by molar-refractivity contribution is 0.0792. The van der Waals surface area contributed by atoms with E-state index < -0.39 is 0 Å². The number of rotatable bonds is 7. The summed E-state index contributed by atoms with van der Waals surface area (Å²) in [6, 6.07) is 11.6. The Hall–Kier alpha value is -2.93. The van der Waals surface area contributed by atoms with Crippen LogP contribution in [0, 0.1) is 0 Å². The van der Waals surface area contributed by atoms with Crippen molar-refractivity contribution in [1.82, 2.24) is 24.6 Å². The molecule has 4 heterocycles. The van der Waals surface area contributed by atoms with E-state index in [1.165, 1.54) is 0 Å². The fourth-order valence-corrected chi connectivity index (χ4v) is 3.46. The van der Waals surface area contributed by atoms with Gasteiger partial charge >= 0.3 is 6.03 Å². The molecule has 146 valence electrons. The second-order valence-electron chi connectivity index (χ2n) is 7.02. The fourth-order valence-electron chi connectivity index (χ4n) is 3.46. The van der Waals surface area contributed by atoms with E-state index >= 15 is 0 Å². The van der Waals surface area contributed by atoms with Crippen LogP contribution in [0.5, 0.6) is 0 Å². The lowest BCUT2D eigenvalue weighted by Gasteiger charge is -2.25. The summed E-state index contributed by atoms with van der Waals surface area (Å²) in [6.07, 6.45) is 8.56. The van der Waals surface area contributed by atoms with Gasteiger partial charge in [-0.25, -0.2) is 9.78 Å². The summed E-state index contributed by atoms with van der Waals surface area (Å²) in [5.41, 5.74) is 2.75. The van der Waals surface area contributed by atoms with Crippen LogP contribution in [0.1, 0.15) is 24.2 Å². The van der Waals surface area contributed by atoms with Crippen LogP contribution in [0.15, 0.2) is 55.0 Å². The van der Waals surface area contributed by atoms with Crippen molar-refractivity contribution < 1.29 is 9.53 Å². The number of fused-ring (bicyclic) bond motifs is 1. The zero-order valence-electron chi connectivity index (χ0n) is 15.8. The Balaban J connectivity index is 1.35. The molecule has 1 fully saturated rings. The Kier molecular flexibility index (Phi) is 5.82. The number of nitrogens with zero attached hydrogens (tertiary/aromatic N) is 4. The molecule has 1 atom stereocenters. The first-order valence-electron chi connectivity index (χ1n) is 9.75. The molecular formula is C21H25N5O2. The molecule has 0 aliphatic carbocycles. The standard InChI is InChI=1S/C21H25N5O2/c27-21(23-11-9-18-15-25-12-4-2-8-20(25)24-18)26(16-19-7-5-13-28-19)14-17-6-1-3-10-22-17/h1-4,6,8,10,12,15,19H,5,7,9,11,13-14,16H2,(H,23,27). The Morgan fingerprint density at radius 3 is 2.96 bits per heavy atom. The average Bonchev–Trinajstić information content (AvgIpc) is 3.37. The zero-order valence-corrected chi connectivity index (χ0v) is 15.8. The van der Waals surface area contributed by atoms with Crippen molar-refractivity contribution in [3.05, 3.63) is 66.4 Å². The molecule has 1 unspecified atom stereocenters. The van der Waals surface area contributed by atoms with Gasteiger partial charge in [-0.3, -0.25) is 4.98 Å². The molecule has 0 bridgehead atoms. The lowest BCUT2D eigenvalue weighted by atomic mass is 10.2. The molecule has 2 amide bonds. The topological polar surface area (TPSA) is 71.8 Å². The van der Waals surface area contributed by atoms with E-state index in [4.69, 9.17) is 4.74 Å². The van der Waals surface area contributed by atoms with Crippen molar-refractivity contribution in [3.63, 3.8) is 0 Å². The smallest absolute Gasteiger partial charge is 0.317 e. The van der Waals surface area contributed by atoms with E-state index in [0.29, 0.717) is 26.1 Å². The third-order valence-electron chi connectivity index (χ3n) is 4.89. The van der Waals surface area contributed by atoms with E-state index in [-0.39, 0.29) is 12.1 Å². The van der Waals surface area contributed by atoms with Crippen LogP contribution in [-0.2, 0) is 17.7 Å². The van der Waals surface area contributed by atoms with Gasteiger partial charge in [0.25, 0.3) is 0 Å². The molecule has 0 aromatic carbocycles. The molecule has 3 aromatic heterocycles. The maximum absolute atomic E-state index is 12.8. The number of ether oxygens (including phenoxy) is 1. The monoisotopic (exact) mass is 379 g/mol. The number of hydrogen-bond donors (Lipinski definition) is 1. The van der Waals surface area contributed by atoms with Crippen molar-refractivity contribution in [1.29, 1.82) is 0 Å². The number of nitrogens with one attached hydrogen (secondary N) is 1. The van der Waals surface area contributed by atoms with Crippen LogP contribution >= 0.6 is 0 Å². The highest BCUT2D eigenvalue weighted by Crippen LogP contribution is 2.15. The van der Waals surface area contributed by atoms with Gasteiger partial charge in [0.15, 0.2) is 0 Å². The normalized spacial score (nSPS) is 16.4. The average molecular weight is 379 g/mol. The molecule has 0 spiro atoms. The second kappa shape index (κ2) is 8.84. The van der Waals surface area contributed by atoms with E-state index in [2.05, 4.69) is 15.3 Å². The van der Waals surface area contributed by atoms with Crippen LogP contribution in [-0.4, -0.2) is 51.1 Å². The number of hydrogen-bond acceptors (Lipinski definition) is 4. The summed E-state index contributed by atoms with van der Waals surface area (Å²) in [5, 5.41) is 3.02. The maximum Gasteiger partial charge on any atom is 0.317 e. The highest BCUT2D eigenvalue weighted by atomic mass is 16.5. The summed E-state index contributed by atoms with van der Waals surface area (Å²) in [5.74, 6) is 0. The number of aromatic nitrogens is 3. The van der Waals surface area contributed by atoms with Crippen molar-refractivity contribution in [2.24, 2.45) is 0 Å². The lowest BCUT2D eigenvalue weighted by Crippen LogP contribution is -2.44. The van der Waals surface area contributed by atoms with E-state index in [0.717, 1.165) is 36.5 Å². The molecule has 3 aromatic rings. The number of amides is 2. The highest BCUT2D eigenvalue weighted by molar-refractivity contribution is 5.74. The number of urea groups is 1. The largest absolute Gasteiger partial charge is 0.376 e. The minimum Gasteiger partial charge on any atom is -0.376 e. The van der Waals surface area contributed by atoms with Gasteiger partial charge in [0.05, 0.1) is 24.0 Å². The molecule has 4 rings (SSSR count). The number of carbonyl (C=O) groups excluding carboxylic acids is 1. The summed E-state index contributed by atoms with van der Waals surface area (Å²) >= 11 is 0. The Labute approximate surface area is 164 Å². The molecular weight excluding hydrogens is 354 g/mol. The fraction of sp³-hybridized carbons (Fsp3) is 0.381. The van der Waals surface area contributed by atoms with Crippen LogP contribution in [0.4, 0.5) is 4.79 Å². The maximum atomic E-state index is 12.8. The first kappa shape index (κ1) is 18.4. The predicted octanol–water partition coefficient (Wildman–Crippen LogP) is 2.66. The van der Waals surface area contributed by atoms with E-state index in [9.17, 15) is 4.79 Å². The molecule has 0 radical (unpaired) electrons. The van der Waals surface area contributed by atoms with Crippen molar-refractivity contribution in [2.45, 2.75) is 31.9 Å². The Bertz CT molecular complexity index is 872. The predicted molar refractivity (Wildman–Crippen MR) is 106 cm³/mol. The van der Waals surface area contributed by atoms with Gasteiger partial charge < -0.3 is 19.4 Å². The summed E-state index contributed by atoms with van der Waals surface area (Å²) in [4.78, 5) is 23.5. The van der Waals surface area contributed by atoms with E-state index in [1.54, 1.807) is 11.1 Å². The number of pyridine rings is 2. The minimum absolute atomic E-state index is 0.0927. The first-order chi connectivity index (χ1) is 13.8. The van der Waals surface area contributed by atoms with Crippen molar-refractivity contribution >= 4 is 11.7 Å². The van der Waals surface area contributed by atoms with Crippen LogP contribution in [0.25, 0.3) is 5.65 Å². The SMILES string of the molecule is O=C(NCCc1cn2ccccc2n1)N(Cc1ccccn1)CC1CCCO1. The van der Waals surface area contributed by atoms with Crippen molar-refractivity contribution in [2.75, 3.05) is 19.7 Å². The molecule has 1 saturated heterocycles. The summed E-state index contributed by atoms with van der Waals surface area (Å²) < 4.78 is 7.71. The molecule has 1 aliphatic rings. The Morgan fingerprint density at radius 1 is 1.25 bits per heavy atom. The Morgan fingerprint density at radius 2 is 2.18 bits per heavy atom. The highest BCUT2D eigenvalue weighted by Gasteiger charge is 2.23. The summed E-state index contributed by atoms with van der Waals surface area (Å²) in [6.45, 7) is 2.36. The minimum atomic E-state index is -0.0927. The number of imidazole rings is 1. The van der Waals surface area contributed by atoms with Gasteiger partial charge in [0, 0.05) is 44.7 Å². The molecule has 0 saturated carbocycles. The molecule has 28 heavy (non-hydrogen) atoms. The molecule has 7 heteroatoms. The van der Waals surface area contributed by atoms with Gasteiger partial charge in [-0.15, -0.1) is 0 Å². The summed E-state index contributed by atoms with van der Waals surface area (Å²) in [7, 11) is 0. The quantitative estimate of drug-likeness (QED) is 0.685. The first-order valence-corrected chi connectivity index (χ1v) is 9.75. The van der Waals surface area contributed by atoms with Gasteiger partial charge in [-0.05, 0) is 37.1 Å². The van der Waals surface area contributed by atoms with Gasteiger partial charge in [-0.1, -0.05) is 12.1 Å². The van der Waals surface area contributed by atoms with Gasteiger partial charge in [-0.2, -0.15) is 0 Å². The molecule has 1 aliphatic heterocycles. The third kappa shape index (κ3) is 4.67.